The summed E-state index contributed by atoms with van der Waals surface area (Å²) in [5.41, 5.74) is 0.777. The van der Waals surface area contributed by atoms with Gasteiger partial charge in [-0.1, -0.05) is 186 Å². The summed E-state index contributed by atoms with van der Waals surface area (Å²) >= 11 is 0. The zero-order valence-corrected chi connectivity index (χ0v) is 30.6. The number of aliphatic hydroxyl groups excluding tert-OH is 1. The Balaban J connectivity index is 1.71. The summed E-state index contributed by atoms with van der Waals surface area (Å²) in [5, 5.41) is 18.4. The lowest BCUT2D eigenvalue weighted by molar-refractivity contribution is -0.137. The van der Waals surface area contributed by atoms with Crippen LogP contribution in [0.1, 0.15) is 198 Å². The first-order chi connectivity index (χ1) is 23.2. The lowest BCUT2D eigenvalue weighted by Crippen LogP contribution is -2.02. The van der Waals surface area contributed by atoms with E-state index in [0.29, 0.717) is 19.0 Å². The van der Waals surface area contributed by atoms with Gasteiger partial charge in [-0.05, 0) is 36.6 Å². The van der Waals surface area contributed by atoms with Gasteiger partial charge in [0.05, 0.1) is 13.7 Å². The average molecular weight is 659 g/mol. The highest BCUT2D eigenvalue weighted by molar-refractivity contribution is 5.87. The van der Waals surface area contributed by atoms with Gasteiger partial charge < -0.3 is 19.7 Å². The first kappa shape index (κ1) is 43.0. The van der Waals surface area contributed by atoms with Gasteiger partial charge in [0.2, 0.25) is 0 Å². The van der Waals surface area contributed by atoms with Crippen molar-refractivity contribution in [2.75, 3.05) is 20.3 Å². The van der Waals surface area contributed by atoms with Gasteiger partial charge in [0, 0.05) is 12.7 Å². The fourth-order valence-corrected chi connectivity index (χ4v) is 6.35. The van der Waals surface area contributed by atoms with Crippen molar-refractivity contribution >= 4 is 12.0 Å². The van der Waals surface area contributed by atoms with E-state index in [2.05, 4.69) is 0 Å². The van der Waals surface area contributed by atoms with Crippen molar-refractivity contribution in [3.63, 3.8) is 0 Å². The molecule has 0 unspecified atom stereocenters. The van der Waals surface area contributed by atoms with Crippen LogP contribution in [0.25, 0.3) is 6.08 Å². The third-order valence-electron chi connectivity index (χ3n) is 9.41. The predicted octanol–water partition coefficient (Wildman–Crippen LogP) is 12.7. The minimum atomic E-state index is -0.334. The molecule has 272 valence electrons. The first-order valence-corrected chi connectivity index (χ1v) is 20.0. The molecule has 0 radical (unpaired) electrons. The Labute approximate surface area is 290 Å². The van der Waals surface area contributed by atoms with E-state index in [1.54, 1.807) is 24.3 Å². The maximum Gasteiger partial charge on any atom is 0.330 e. The van der Waals surface area contributed by atoms with Crippen molar-refractivity contribution < 1.29 is 24.5 Å². The second kappa shape index (κ2) is 33.9. The molecule has 0 saturated heterocycles. The van der Waals surface area contributed by atoms with E-state index < -0.39 is 0 Å². The number of aliphatic hydroxyl groups is 1. The summed E-state index contributed by atoms with van der Waals surface area (Å²) in [6.07, 6.45) is 43.7. The molecule has 0 bridgehead atoms. The van der Waals surface area contributed by atoms with Crippen LogP contribution in [0.4, 0.5) is 0 Å². The van der Waals surface area contributed by atoms with Crippen molar-refractivity contribution in [3.8, 4) is 11.5 Å². The molecule has 0 saturated carbocycles. The lowest BCUT2D eigenvalue weighted by Gasteiger charge is -2.05. The van der Waals surface area contributed by atoms with Crippen LogP contribution in [0.3, 0.4) is 0 Å². The van der Waals surface area contributed by atoms with Crippen LogP contribution in [0.15, 0.2) is 24.3 Å². The van der Waals surface area contributed by atoms with Crippen molar-refractivity contribution in [2.24, 2.45) is 0 Å². The molecule has 1 rings (SSSR count). The van der Waals surface area contributed by atoms with Crippen molar-refractivity contribution in [1.82, 2.24) is 0 Å². The maximum atomic E-state index is 11.9. The highest BCUT2D eigenvalue weighted by atomic mass is 16.5. The van der Waals surface area contributed by atoms with Gasteiger partial charge in [-0.25, -0.2) is 4.79 Å². The zero-order valence-electron chi connectivity index (χ0n) is 30.6. The number of phenols is 1. The Hall–Kier alpha value is -2.01. The number of methoxy groups -OCH3 is 1. The first-order valence-electron chi connectivity index (χ1n) is 20.0. The minimum absolute atomic E-state index is 0.0797. The summed E-state index contributed by atoms with van der Waals surface area (Å²) in [5.74, 6) is 0.129. The smallest absolute Gasteiger partial charge is 0.330 e. The number of phenolic OH excluding ortho intramolecular Hbond substituents is 1. The number of esters is 1. The topological polar surface area (TPSA) is 76.0 Å². The molecule has 1 aromatic rings. The minimum Gasteiger partial charge on any atom is -0.504 e. The molecule has 0 heterocycles. The van der Waals surface area contributed by atoms with Gasteiger partial charge in [-0.3, -0.25) is 0 Å². The van der Waals surface area contributed by atoms with Crippen molar-refractivity contribution in [1.29, 1.82) is 0 Å². The summed E-state index contributed by atoms with van der Waals surface area (Å²) in [4.78, 5) is 11.9. The molecule has 5 nitrogen and oxygen atoms in total. The predicted molar refractivity (Wildman–Crippen MR) is 200 cm³/mol. The third-order valence-corrected chi connectivity index (χ3v) is 9.41. The molecular formula is C42H74O5. The highest BCUT2D eigenvalue weighted by Crippen LogP contribution is 2.26. The Kier molecular flexibility index (Phi) is 31.0. The number of ether oxygens (including phenoxy) is 2. The quantitative estimate of drug-likeness (QED) is 0.0431. The fraction of sp³-hybridized carbons (Fsp3) is 0.786. The second-order valence-electron chi connectivity index (χ2n) is 13.8. The average Bonchev–Trinajstić information content (AvgIpc) is 3.08. The molecule has 1 aromatic carbocycles. The summed E-state index contributed by atoms with van der Waals surface area (Å²) in [7, 11) is 1.50. The van der Waals surface area contributed by atoms with Gasteiger partial charge >= 0.3 is 5.97 Å². The molecular weight excluding hydrogens is 584 g/mol. The Morgan fingerprint density at radius 3 is 1.23 bits per heavy atom. The molecule has 47 heavy (non-hydrogen) atoms. The van der Waals surface area contributed by atoms with Crippen LogP contribution >= 0.6 is 0 Å². The monoisotopic (exact) mass is 659 g/mol. The Morgan fingerprint density at radius 1 is 0.553 bits per heavy atom. The number of hydrogen-bond acceptors (Lipinski definition) is 5. The van der Waals surface area contributed by atoms with Gasteiger partial charge in [0.25, 0.3) is 0 Å². The summed E-state index contributed by atoms with van der Waals surface area (Å²) in [6.45, 7) is 0.832. The zero-order chi connectivity index (χ0) is 33.9. The van der Waals surface area contributed by atoms with Crippen molar-refractivity contribution in [3.05, 3.63) is 29.8 Å². The molecule has 0 amide bonds. The largest absolute Gasteiger partial charge is 0.504 e. The number of carbonyl (C=O) groups is 1. The standard InChI is InChI=1S/C42H74O5/c1-46-41-38-39(32-34-40(41)44)33-35-42(45)47-37-31-29-27-25-23-21-19-17-15-13-11-9-7-5-3-2-4-6-8-10-12-14-16-18-20-22-24-26-28-30-36-43/h32-35,38,43-44H,2-31,36-37H2,1H3/b35-33+. The van der Waals surface area contributed by atoms with Crippen LogP contribution in [0.2, 0.25) is 0 Å². The van der Waals surface area contributed by atoms with E-state index in [9.17, 15) is 9.90 Å². The van der Waals surface area contributed by atoms with Crippen LogP contribution < -0.4 is 4.74 Å². The van der Waals surface area contributed by atoms with Gasteiger partial charge in [-0.2, -0.15) is 0 Å². The Bertz CT molecular complexity index is 851. The number of carbonyl (C=O) groups excluding carboxylic acids is 1. The van der Waals surface area contributed by atoms with E-state index in [4.69, 9.17) is 14.6 Å². The molecule has 2 N–H and O–H groups in total. The second-order valence-corrected chi connectivity index (χ2v) is 13.8. The van der Waals surface area contributed by atoms with E-state index >= 15 is 0 Å². The number of hydrogen-bond donors (Lipinski definition) is 2. The van der Waals surface area contributed by atoms with Crippen molar-refractivity contribution in [2.45, 2.75) is 193 Å². The van der Waals surface area contributed by atoms with E-state index in [0.717, 1.165) is 24.8 Å². The molecule has 0 aliphatic carbocycles. The normalized spacial score (nSPS) is 11.4. The molecule has 5 heteroatoms. The SMILES string of the molecule is COc1cc(/C=C/C(=O)OCCCCCCCCCCCCCCCCCCCCCCCCCCCCCCCCO)ccc1O. The number of unbranched alkanes of at least 4 members (excludes halogenated alkanes) is 29. The van der Waals surface area contributed by atoms with Crippen LogP contribution in [0, 0.1) is 0 Å². The lowest BCUT2D eigenvalue weighted by atomic mass is 10.0. The molecule has 0 aliphatic rings. The van der Waals surface area contributed by atoms with E-state index in [-0.39, 0.29) is 11.7 Å². The summed E-state index contributed by atoms with van der Waals surface area (Å²) in [6, 6.07) is 4.95. The molecule has 0 aromatic heterocycles. The van der Waals surface area contributed by atoms with Crippen LogP contribution in [-0.2, 0) is 9.53 Å². The van der Waals surface area contributed by atoms with Crippen LogP contribution in [-0.4, -0.2) is 36.5 Å². The van der Waals surface area contributed by atoms with E-state index in [1.165, 1.54) is 187 Å². The van der Waals surface area contributed by atoms with Gasteiger partial charge in [0.15, 0.2) is 11.5 Å². The fourth-order valence-electron chi connectivity index (χ4n) is 6.35. The Morgan fingerprint density at radius 2 is 0.894 bits per heavy atom. The molecule has 0 atom stereocenters. The summed E-state index contributed by atoms with van der Waals surface area (Å²) < 4.78 is 10.4. The number of rotatable bonds is 35. The highest BCUT2D eigenvalue weighted by Gasteiger charge is 2.02. The molecule has 0 spiro atoms. The van der Waals surface area contributed by atoms with Gasteiger partial charge in [0.1, 0.15) is 0 Å². The maximum absolute atomic E-state index is 11.9. The van der Waals surface area contributed by atoms with Gasteiger partial charge in [-0.15, -0.1) is 0 Å². The number of aromatic hydroxyl groups is 1. The third kappa shape index (κ3) is 28.7. The molecule has 0 aliphatic heterocycles. The number of benzene rings is 1. The molecule has 0 fully saturated rings. The van der Waals surface area contributed by atoms with Crippen LogP contribution in [0.5, 0.6) is 11.5 Å². The van der Waals surface area contributed by atoms with E-state index in [1.807, 2.05) is 0 Å².